The van der Waals surface area contributed by atoms with Gasteiger partial charge in [-0.3, -0.25) is 0 Å². The Kier molecular flexibility index (Phi) is 9.69. The van der Waals surface area contributed by atoms with E-state index in [-0.39, 0.29) is 6.71 Å². The number of anilines is 6. The van der Waals surface area contributed by atoms with Gasteiger partial charge in [0.2, 0.25) is 0 Å². The summed E-state index contributed by atoms with van der Waals surface area (Å²) >= 11 is 0. The predicted octanol–water partition coefficient (Wildman–Crippen LogP) is 16.2. The summed E-state index contributed by atoms with van der Waals surface area (Å²) in [6, 6.07) is 89.6. The van der Waals surface area contributed by atoms with E-state index in [2.05, 4.69) is 275 Å². The van der Waals surface area contributed by atoms with Gasteiger partial charge < -0.3 is 28.4 Å². The number of hydrogen-bond acceptors (Lipinski definition) is 4. The SMILES string of the molecule is Cc1ccc(N(c2ccc3c(c2)Oc2cccc4c2B3c2ccc(N(c3ccc(C)cc3)c3ccc5c(c3)c3ccccc3n5-c3ccccc3)cc2O4)c2ccc3c(c2)c2ccccc2n3-c2ccccc2)cc1. The molecule has 0 bridgehead atoms. The Bertz CT molecular complexity index is 4110. The highest BCUT2D eigenvalue weighted by molar-refractivity contribution is 6.98. The minimum absolute atomic E-state index is 0.117. The third-order valence-electron chi connectivity index (χ3n) is 15.3. The Morgan fingerprint density at radius 3 is 1.13 bits per heavy atom. The number of ether oxygens (including phenoxy) is 2. The second-order valence-corrected chi connectivity index (χ2v) is 19.9. The van der Waals surface area contributed by atoms with Crippen molar-refractivity contribution in [2.75, 3.05) is 9.80 Å². The van der Waals surface area contributed by atoms with Crippen LogP contribution in [0.3, 0.4) is 0 Å². The zero-order valence-electron chi connectivity index (χ0n) is 41.4. The largest absolute Gasteiger partial charge is 0.458 e. The van der Waals surface area contributed by atoms with Crippen LogP contribution in [-0.4, -0.2) is 15.8 Å². The zero-order chi connectivity index (χ0) is 49.7. The molecule has 15 rings (SSSR count). The summed E-state index contributed by atoms with van der Waals surface area (Å²) in [6.07, 6.45) is 0. The van der Waals surface area contributed by atoms with Crippen LogP contribution in [0.2, 0.25) is 0 Å². The number of aromatic nitrogens is 2. The summed E-state index contributed by atoms with van der Waals surface area (Å²) in [5.74, 6) is 3.25. The van der Waals surface area contributed by atoms with Gasteiger partial charge in [0, 0.05) is 84.6 Å². The summed E-state index contributed by atoms with van der Waals surface area (Å²) in [5.41, 5.74) is 18.8. The van der Waals surface area contributed by atoms with E-state index in [9.17, 15) is 0 Å². The van der Waals surface area contributed by atoms with Gasteiger partial charge in [-0.15, -0.1) is 0 Å². The molecule has 6 nitrogen and oxygen atoms in total. The zero-order valence-corrected chi connectivity index (χ0v) is 41.4. The molecule has 0 radical (unpaired) electrons. The first-order valence-electron chi connectivity index (χ1n) is 25.7. The van der Waals surface area contributed by atoms with Crippen molar-refractivity contribution in [1.29, 1.82) is 0 Å². The normalized spacial score (nSPS) is 12.3. The predicted molar refractivity (Wildman–Crippen MR) is 312 cm³/mol. The molecule has 2 aromatic heterocycles. The van der Waals surface area contributed by atoms with Crippen LogP contribution in [0, 0.1) is 13.8 Å². The fourth-order valence-electron chi connectivity index (χ4n) is 11.9. The average Bonchev–Trinajstić information content (AvgIpc) is 3.97. The molecule has 0 aliphatic carbocycles. The van der Waals surface area contributed by atoms with Crippen molar-refractivity contribution in [2.24, 2.45) is 0 Å². The van der Waals surface area contributed by atoms with Crippen LogP contribution in [0.1, 0.15) is 11.1 Å². The quantitative estimate of drug-likeness (QED) is 0.142. The number of hydrogen-bond donors (Lipinski definition) is 0. The van der Waals surface area contributed by atoms with E-state index < -0.39 is 0 Å². The first-order valence-corrected chi connectivity index (χ1v) is 25.7. The fraction of sp³-hybridized carbons (Fsp3) is 0.0294. The summed E-state index contributed by atoms with van der Waals surface area (Å²) < 4.78 is 18.7. The van der Waals surface area contributed by atoms with Gasteiger partial charge in [0.1, 0.15) is 23.0 Å². The molecule has 13 aromatic rings. The Morgan fingerprint density at radius 2 is 0.680 bits per heavy atom. The minimum Gasteiger partial charge on any atom is -0.458 e. The molecule has 0 atom stereocenters. The Balaban J connectivity index is 0.853. The third-order valence-corrected chi connectivity index (χ3v) is 15.3. The minimum atomic E-state index is -0.117. The van der Waals surface area contributed by atoms with E-state index in [0.717, 1.165) is 95.9 Å². The Morgan fingerprint density at radius 1 is 0.307 bits per heavy atom. The molecule has 354 valence electrons. The van der Waals surface area contributed by atoms with Gasteiger partial charge in [-0.2, -0.15) is 0 Å². The first-order chi connectivity index (χ1) is 37.0. The lowest BCUT2D eigenvalue weighted by atomic mass is 9.35. The fourth-order valence-corrected chi connectivity index (χ4v) is 11.9. The number of para-hydroxylation sites is 4. The summed E-state index contributed by atoms with van der Waals surface area (Å²) in [4.78, 5) is 4.70. The standard InChI is InChI=1S/C68H47BN4O2/c1-44-24-28-48(29-25-44)70(50-34-38-62-56(40-50)54-18-9-11-20-60(54)72(62)46-14-5-3-6-15-46)52-32-36-58-66(42-52)74-64-22-13-23-65-68(64)69(58)59-37-33-53(43-67(59)75-65)71(49-30-26-45(2)27-31-49)51-35-39-63-57(41-51)55-19-10-12-21-61(55)73(63)47-16-7-4-8-17-47/h3-43H,1-2H3. The molecule has 2 aliphatic heterocycles. The van der Waals surface area contributed by atoms with Crippen molar-refractivity contribution in [3.63, 3.8) is 0 Å². The lowest BCUT2D eigenvalue weighted by Crippen LogP contribution is -2.57. The van der Waals surface area contributed by atoms with Crippen molar-refractivity contribution < 1.29 is 9.47 Å². The lowest BCUT2D eigenvalue weighted by molar-refractivity contribution is 0.464. The molecular formula is C68H47BN4O2. The van der Waals surface area contributed by atoms with Gasteiger partial charge in [-0.25, -0.2) is 0 Å². The van der Waals surface area contributed by atoms with Crippen LogP contribution < -0.4 is 35.7 Å². The van der Waals surface area contributed by atoms with Crippen molar-refractivity contribution in [2.45, 2.75) is 13.8 Å². The molecule has 0 saturated heterocycles. The molecule has 0 fully saturated rings. The van der Waals surface area contributed by atoms with Gasteiger partial charge in [0.15, 0.2) is 0 Å². The van der Waals surface area contributed by atoms with Gasteiger partial charge in [0.25, 0.3) is 6.71 Å². The number of fused-ring (bicyclic) bond motifs is 10. The van der Waals surface area contributed by atoms with E-state index in [1.54, 1.807) is 0 Å². The van der Waals surface area contributed by atoms with Crippen LogP contribution in [0.25, 0.3) is 55.0 Å². The highest BCUT2D eigenvalue weighted by atomic mass is 16.5. The van der Waals surface area contributed by atoms with Gasteiger partial charge in [-0.05, 0) is 146 Å². The molecule has 0 N–H and O–H groups in total. The van der Waals surface area contributed by atoms with Crippen LogP contribution in [-0.2, 0) is 0 Å². The molecular weight excluding hydrogens is 916 g/mol. The molecule has 2 aliphatic rings. The maximum atomic E-state index is 6.96. The van der Waals surface area contributed by atoms with Crippen molar-refractivity contribution in [3.8, 4) is 34.4 Å². The Labute approximate surface area is 435 Å². The second-order valence-electron chi connectivity index (χ2n) is 19.9. The monoisotopic (exact) mass is 962 g/mol. The maximum Gasteiger partial charge on any atom is 0.260 e. The number of nitrogens with zero attached hydrogens (tertiary/aromatic N) is 4. The second kappa shape index (κ2) is 16.9. The summed E-state index contributed by atoms with van der Waals surface area (Å²) in [6.45, 7) is 4.16. The molecule has 0 saturated carbocycles. The molecule has 11 aromatic carbocycles. The van der Waals surface area contributed by atoms with E-state index in [0.29, 0.717) is 0 Å². The van der Waals surface area contributed by atoms with E-state index in [1.807, 2.05) is 6.07 Å². The molecule has 4 heterocycles. The molecule has 7 heteroatoms. The molecule has 0 spiro atoms. The molecule has 0 amide bonds. The first kappa shape index (κ1) is 42.9. The van der Waals surface area contributed by atoms with Crippen molar-refractivity contribution in [3.05, 3.63) is 260 Å². The van der Waals surface area contributed by atoms with Crippen molar-refractivity contribution in [1.82, 2.24) is 9.13 Å². The highest BCUT2D eigenvalue weighted by Crippen LogP contribution is 2.45. The lowest BCUT2D eigenvalue weighted by Gasteiger charge is -2.34. The summed E-state index contributed by atoms with van der Waals surface area (Å²) in [5, 5.41) is 4.80. The van der Waals surface area contributed by atoms with Crippen LogP contribution in [0.4, 0.5) is 34.1 Å². The van der Waals surface area contributed by atoms with E-state index in [4.69, 9.17) is 9.47 Å². The van der Waals surface area contributed by atoms with Gasteiger partial charge >= 0.3 is 0 Å². The number of aryl methyl sites for hydroxylation is 2. The maximum absolute atomic E-state index is 6.96. The van der Waals surface area contributed by atoms with Gasteiger partial charge in [-0.1, -0.05) is 126 Å². The van der Waals surface area contributed by atoms with E-state index >= 15 is 0 Å². The van der Waals surface area contributed by atoms with Crippen LogP contribution in [0.15, 0.2) is 249 Å². The number of benzene rings is 11. The highest BCUT2D eigenvalue weighted by Gasteiger charge is 2.40. The smallest absolute Gasteiger partial charge is 0.260 e. The van der Waals surface area contributed by atoms with Crippen molar-refractivity contribution >= 4 is 101 Å². The Hall–Kier alpha value is -9.72. The van der Waals surface area contributed by atoms with Gasteiger partial charge in [0.05, 0.1) is 22.1 Å². The average molecular weight is 963 g/mol. The van der Waals surface area contributed by atoms with Crippen LogP contribution in [0.5, 0.6) is 23.0 Å². The topological polar surface area (TPSA) is 34.8 Å². The third kappa shape index (κ3) is 6.89. The molecule has 75 heavy (non-hydrogen) atoms. The number of rotatable bonds is 8. The van der Waals surface area contributed by atoms with Crippen LogP contribution >= 0.6 is 0 Å². The molecule has 0 unspecified atom stereocenters. The summed E-state index contributed by atoms with van der Waals surface area (Å²) in [7, 11) is 0. The van der Waals surface area contributed by atoms with E-state index in [1.165, 1.54) is 43.7 Å².